The predicted octanol–water partition coefficient (Wildman–Crippen LogP) is 1.18. The summed E-state index contributed by atoms with van der Waals surface area (Å²) in [6.07, 6.45) is 4.02. The SMILES string of the molecule is O=C(NCCc1c[nH]c2ccc(O)cc12)c1cccn2c(=O)[nH]nc12. The van der Waals surface area contributed by atoms with Gasteiger partial charge < -0.3 is 15.4 Å². The molecule has 3 heterocycles. The van der Waals surface area contributed by atoms with E-state index in [9.17, 15) is 14.7 Å². The van der Waals surface area contributed by atoms with Gasteiger partial charge in [0, 0.05) is 29.8 Å². The molecular formula is C17H15N5O3. The van der Waals surface area contributed by atoms with Crippen LogP contribution in [0.25, 0.3) is 16.6 Å². The van der Waals surface area contributed by atoms with Crippen molar-refractivity contribution in [1.82, 2.24) is 24.9 Å². The van der Waals surface area contributed by atoms with E-state index in [1.54, 1.807) is 30.5 Å². The van der Waals surface area contributed by atoms with E-state index in [1.165, 1.54) is 4.40 Å². The number of benzene rings is 1. The van der Waals surface area contributed by atoms with Gasteiger partial charge in [-0.05, 0) is 42.3 Å². The third-order valence-corrected chi connectivity index (χ3v) is 4.12. The number of phenolic OH excluding ortho intramolecular Hbond substituents is 1. The molecule has 0 radical (unpaired) electrons. The first-order chi connectivity index (χ1) is 12.1. The summed E-state index contributed by atoms with van der Waals surface area (Å²) in [5, 5.41) is 19.6. The van der Waals surface area contributed by atoms with Crippen molar-refractivity contribution in [3.63, 3.8) is 0 Å². The van der Waals surface area contributed by atoms with Crippen LogP contribution < -0.4 is 11.0 Å². The molecule has 4 aromatic rings. The summed E-state index contributed by atoms with van der Waals surface area (Å²) in [7, 11) is 0. The Balaban J connectivity index is 1.50. The fourth-order valence-corrected chi connectivity index (χ4v) is 2.89. The maximum atomic E-state index is 12.4. The van der Waals surface area contributed by atoms with Crippen LogP contribution in [0, 0.1) is 0 Å². The number of nitrogens with zero attached hydrogens (tertiary/aromatic N) is 2. The second-order valence-corrected chi connectivity index (χ2v) is 5.69. The number of carbonyl (C=O) groups excluding carboxylic acids is 1. The quantitative estimate of drug-likeness (QED) is 0.447. The smallest absolute Gasteiger partial charge is 0.347 e. The summed E-state index contributed by atoms with van der Waals surface area (Å²) in [5.74, 6) is -0.0969. The Morgan fingerprint density at radius 1 is 1.32 bits per heavy atom. The summed E-state index contributed by atoms with van der Waals surface area (Å²) >= 11 is 0. The van der Waals surface area contributed by atoms with Crippen molar-refractivity contribution in [3.05, 3.63) is 64.3 Å². The Morgan fingerprint density at radius 2 is 2.20 bits per heavy atom. The Hall–Kier alpha value is -3.55. The zero-order valence-corrected chi connectivity index (χ0v) is 13.1. The number of amides is 1. The number of carbonyl (C=O) groups is 1. The highest BCUT2D eigenvalue weighted by Crippen LogP contribution is 2.23. The summed E-state index contributed by atoms with van der Waals surface area (Å²) in [5.41, 5.74) is 2.17. The molecule has 0 aliphatic heterocycles. The molecule has 0 fully saturated rings. The summed E-state index contributed by atoms with van der Waals surface area (Å²) < 4.78 is 1.29. The van der Waals surface area contributed by atoms with Crippen LogP contribution in [0.1, 0.15) is 15.9 Å². The standard InChI is InChI=1S/C17H15N5O3/c23-11-3-4-14-13(8-11)10(9-19-14)5-6-18-16(24)12-2-1-7-22-15(12)20-21-17(22)25/h1-4,7-9,19,23H,5-6H2,(H,18,24)(H,21,25). The maximum Gasteiger partial charge on any atom is 0.347 e. The number of hydrogen-bond acceptors (Lipinski definition) is 4. The van der Waals surface area contributed by atoms with E-state index in [1.807, 2.05) is 12.3 Å². The minimum absolute atomic E-state index is 0.202. The van der Waals surface area contributed by atoms with Crippen LogP contribution in [0.2, 0.25) is 0 Å². The van der Waals surface area contributed by atoms with Gasteiger partial charge in [0.1, 0.15) is 5.75 Å². The molecule has 0 spiro atoms. The molecule has 0 aliphatic carbocycles. The number of aromatic nitrogens is 4. The predicted molar refractivity (Wildman–Crippen MR) is 91.8 cm³/mol. The van der Waals surface area contributed by atoms with Gasteiger partial charge >= 0.3 is 5.69 Å². The average molecular weight is 337 g/mol. The fraction of sp³-hybridized carbons (Fsp3) is 0.118. The van der Waals surface area contributed by atoms with Gasteiger partial charge in [-0.2, -0.15) is 5.10 Å². The topological polar surface area (TPSA) is 115 Å². The van der Waals surface area contributed by atoms with Crippen molar-refractivity contribution in [2.45, 2.75) is 6.42 Å². The molecule has 126 valence electrons. The molecule has 8 heteroatoms. The number of fused-ring (bicyclic) bond motifs is 2. The molecule has 8 nitrogen and oxygen atoms in total. The van der Waals surface area contributed by atoms with Crippen molar-refractivity contribution in [2.75, 3.05) is 6.54 Å². The number of rotatable bonds is 4. The first kappa shape index (κ1) is 15.0. The van der Waals surface area contributed by atoms with Crippen LogP contribution >= 0.6 is 0 Å². The zero-order valence-electron chi connectivity index (χ0n) is 13.1. The van der Waals surface area contributed by atoms with Gasteiger partial charge in [-0.25, -0.2) is 14.3 Å². The Morgan fingerprint density at radius 3 is 3.08 bits per heavy atom. The van der Waals surface area contributed by atoms with E-state index < -0.39 is 0 Å². The Bertz CT molecular complexity index is 1140. The number of H-pyrrole nitrogens is 2. The molecule has 0 bridgehead atoms. The number of nitrogens with one attached hydrogen (secondary N) is 3. The molecule has 1 aromatic carbocycles. The van der Waals surface area contributed by atoms with Gasteiger partial charge in [0.25, 0.3) is 5.91 Å². The summed E-state index contributed by atoms with van der Waals surface area (Å²) in [6.45, 7) is 0.414. The first-order valence-electron chi connectivity index (χ1n) is 7.76. The minimum atomic E-state index is -0.386. The van der Waals surface area contributed by atoms with Crippen molar-refractivity contribution < 1.29 is 9.90 Å². The van der Waals surface area contributed by atoms with Crippen molar-refractivity contribution in [3.8, 4) is 5.75 Å². The Labute approximate surface area is 141 Å². The monoisotopic (exact) mass is 337 g/mol. The maximum absolute atomic E-state index is 12.4. The number of aromatic amines is 2. The summed E-state index contributed by atoms with van der Waals surface area (Å²) in [4.78, 5) is 27.1. The lowest BCUT2D eigenvalue weighted by molar-refractivity contribution is 0.0955. The molecule has 4 N–H and O–H groups in total. The van der Waals surface area contributed by atoms with Gasteiger partial charge in [0.05, 0.1) is 5.56 Å². The van der Waals surface area contributed by atoms with Gasteiger partial charge in [0.15, 0.2) is 5.65 Å². The zero-order chi connectivity index (χ0) is 17.4. The van der Waals surface area contributed by atoms with E-state index in [4.69, 9.17) is 0 Å². The molecule has 0 aliphatic rings. The largest absolute Gasteiger partial charge is 0.508 e. The van der Waals surface area contributed by atoms with Gasteiger partial charge in [-0.15, -0.1) is 0 Å². The molecule has 0 saturated heterocycles. The van der Waals surface area contributed by atoms with Gasteiger partial charge in [0.2, 0.25) is 0 Å². The van der Waals surface area contributed by atoms with E-state index in [-0.39, 0.29) is 17.3 Å². The molecule has 0 atom stereocenters. The van der Waals surface area contributed by atoms with Gasteiger partial charge in [-0.1, -0.05) is 0 Å². The fourth-order valence-electron chi connectivity index (χ4n) is 2.89. The van der Waals surface area contributed by atoms with E-state index in [2.05, 4.69) is 20.5 Å². The lowest BCUT2D eigenvalue weighted by Gasteiger charge is -2.05. The van der Waals surface area contributed by atoms with Crippen LogP contribution in [-0.4, -0.2) is 37.1 Å². The highest BCUT2D eigenvalue weighted by Gasteiger charge is 2.13. The minimum Gasteiger partial charge on any atom is -0.508 e. The molecular weight excluding hydrogens is 322 g/mol. The van der Waals surface area contributed by atoms with Gasteiger partial charge in [-0.3, -0.25) is 4.79 Å². The highest BCUT2D eigenvalue weighted by molar-refractivity contribution is 5.99. The van der Waals surface area contributed by atoms with Crippen LogP contribution in [-0.2, 0) is 6.42 Å². The highest BCUT2D eigenvalue weighted by atomic mass is 16.3. The second-order valence-electron chi connectivity index (χ2n) is 5.69. The van der Waals surface area contributed by atoms with Crippen LogP contribution in [0.15, 0.2) is 47.5 Å². The van der Waals surface area contributed by atoms with E-state index in [0.29, 0.717) is 24.2 Å². The molecule has 25 heavy (non-hydrogen) atoms. The number of hydrogen-bond donors (Lipinski definition) is 4. The van der Waals surface area contributed by atoms with Crippen LogP contribution in [0.5, 0.6) is 5.75 Å². The average Bonchev–Trinajstić information content (AvgIpc) is 3.19. The molecule has 3 aromatic heterocycles. The normalized spacial score (nSPS) is 11.2. The molecule has 0 unspecified atom stereocenters. The third kappa shape index (κ3) is 2.63. The summed E-state index contributed by atoms with van der Waals surface area (Å²) in [6, 6.07) is 8.37. The third-order valence-electron chi connectivity index (χ3n) is 4.12. The van der Waals surface area contributed by atoms with Crippen molar-refractivity contribution in [1.29, 1.82) is 0 Å². The molecule has 1 amide bonds. The van der Waals surface area contributed by atoms with E-state index in [0.717, 1.165) is 16.5 Å². The first-order valence-corrected chi connectivity index (χ1v) is 7.76. The van der Waals surface area contributed by atoms with Crippen LogP contribution in [0.3, 0.4) is 0 Å². The molecule has 0 saturated carbocycles. The van der Waals surface area contributed by atoms with Crippen molar-refractivity contribution in [2.24, 2.45) is 0 Å². The Kier molecular flexibility index (Phi) is 3.50. The lowest BCUT2D eigenvalue weighted by atomic mass is 10.1. The van der Waals surface area contributed by atoms with E-state index >= 15 is 0 Å². The lowest BCUT2D eigenvalue weighted by Crippen LogP contribution is -2.26. The number of aromatic hydroxyl groups is 1. The molecule has 4 rings (SSSR count). The van der Waals surface area contributed by atoms with Crippen molar-refractivity contribution >= 4 is 22.5 Å². The second kappa shape index (κ2) is 5.82. The number of phenols is 1. The van der Waals surface area contributed by atoms with Crippen LogP contribution in [0.4, 0.5) is 0 Å². The number of pyridine rings is 1.